The molecule has 0 unspecified atom stereocenters. The molecule has 3 rings (SSSR count). The van der Waals surface area contributed by atoms with E-state index in [9.17, 15) is 30.0 Å². The molecule has 0 saturated heterocycles. The topological polar surface area (TPSA) is 124 Å². The molecule has 0 aromatic heterocycles. The van der Waals surface area contributed by atoms with Crippen molar-refractivity contribution in [1.82, 2.24) is 0 Å². The molecule has 1 fully saturated rings. The van der Waals surface area contributed by atoms with E-state index < -0.39 is 30.1 Å². The third-order valence-corrected chi connectivity index (χ3v) is 5.18. The lowest BCUT2D eigenvalue weighted by Gasteiger charge is -2.18. The Hall–Kier alpha value is -2.22. The van der Waals surface area contributed by atoms with E-state index in [1.54, 1.807) is 13.0 Å². The predicted octanol–water partition coefficient (Wildman–Crippen LogP) is 1.17. The first kappa shape index (κ1) is 19.5. The van der Waals surface area contributed by atoms with Gasteiger partial charge >= 0.3 is 5.97 Å². The summed E-state index contributed by atoms with van der Waals surface area (Å²) in [5, 5.41) is 39.9. The quantitative estimate of drug-likeness (QED) is 0.542. The van der Waals surface area contributed by atoms with Gasteiger partial charge < -0.3 is 25.2 Å². The molecule has 0 spiro atoms. The number of aromatic hydroxyl groups is 1. The van der Waals surface area contributed by atoms with E-state index in [0.717, 1.165) is 0 Å². The first-order valence-corrected chi connectivity index (χ1v) is 9.06. The largest absolute Gasteiger partial charge is 0.507 e. The van der Waals surface area contributed by atoms with Crippen molar-refractivity contribution in [1.29, 1.82) is 0 Å². The van der Waals surface area contributed by atoms with Crippen LogP contribution in [-0.2, 0) is 16.1 Å². The standard InChI is InChI=1S/C20H24O7/c1-10-3-2-4-15(22)19(25)17(24)8-12-7-13(12)14-5-11(9-21)6-16(23)18(14)20(26)27-10/h2,4-6,10,12-13,17,19,21,23-25H,3,7-9H2,1H3/b4-2-/t10-,12+,13-,17-,19+/m0/s1. The number of aliphatic hydroxyl groups is 3. The van der Waals surface area contributed by atoms with Gasteiger partial charge in [0.15, 0.2) is 5.78 Å². The van der Waals surface area contributed by atoms with Crippen LogP contribution in [-0.4, -0.2) is 50.5 Å². The van der Waals surface area contributed by atoms with E-state index in [0.29, 0.717) is 17.5 Å². The molecule has 0 bridgehead atoms. The second kappa shape index (κ2) is 7.80. The Morgan fingerprint density at radius 2 is 1.93 bits per heavy atom. The zero-order valence-electron chi connectivity index (χ0n) is 15.0. The number of carbonyl (C=O) groups is 2. The lowest BCUT2D eigenvalue weighted by Crippen LogP contribution is -2.33. The molecule has 1 heterocycles. The van der Waals surface area contributed by atoms with Crippen molar-refractivity contribution in [3.63, 3.8) is 0 Å². The van der Waals surface area contributed by atoms with Crippen molar-refractivity contribution in [2.75, 3.05) is 0 Å². The third-order valence-electron chi connectivity index (χ3n) is 5.18. The van der Waals surface area contributed by atoms with Crippen molar-refractivity contribution >= 4 is 11.8 Å². The molecule has 27 heavy (non-hydrogen) atoms. The number of ketones is 1. The maximum atomic E-state index is 12.6. The fourth-order valence-corrected chi connectivity index (χ4v) is 3.60. The van der Waals surface area contributed by atoms with Gasteiger partial charge in [0.05, 0.1) is 12.7 Å². The van der Waals surface area contributed by atoms with E-state index >= 15 is 0 Å². The Bertz CT molecular complexity index is 770. The number of hydrogen-bond acceptors (Lipinski definition) is 7. The minimum absolute atomic E-state index is 0.0494. The number of phenolic OH excluding ortho intramolecular Hbond substituents is 1. The van der Waals surface area contributed by atoms with Gasteiger partial charge in [0.25, 0.3) is 0 Å². The maximum absolute atomic E-state index is 12.6. The smallest absolute Gasteiger partial charge is 0.342 e. The molecule has 7 nitrogen and oxygen atoms in total. The minimum atomic E-state index is -1.50. The Morgan fingerprint density at radius 1 is 1.19 bits per heavy atom. The average molecular weight is 376 g/mol. The van der Waals surface area contributed by atoms with Crippen LogP contribution in [0.3, 0.4) is 0 Å². The number of carbonyl (C=O) groups excluding carboxylic acids is 2. The Labute approximate surface area is 156 Å². The molecule has 1 aromatic rings. The molecule has 0 radical (unpaired) electrons. The first-order valence-electron chi connectivity index (χ1n) is 9.06. The van der Waals surface area contributed by atoms with Gasteiger partial charge in [0.1, 0.15) is 23.5 Å². The van der Waals surface area contributed by atoms with Gasteiger partial charge in [-0.05, 0) is 54.9 Å². The number of phenols is 1. The van der Waals surface area contributed by atoms with Crippen LogP contribution in [0.2, 0.25) is 0 Å². The van der Waals surface area contributed by atoms with Crippen LogP contribution in [0.1, 0.15) is 53.6 Å². The van der Waals surface area contributed by atoms with Gasteiger partial charge in [-0.1, -0.05) is 12.1 Å². The molecule has 1 aliphatic carbocycles. The van der Waals surface area contributed by atoms with E-state index in [1.165, 1.54) is 18.2 Å². The van der Waals surface area contributed by atoms with Gasteiger partial charge in [-0.25, -0.2) is 4.79 Å². The highest BCUT2D eigenvalue weighted by molar-refractivity contribution is 5.95. The van der Waals surface area contributed by atoms with Gasteiger partial charge in [-0.2, -0.15) is 0 Å². The summed E-state index contributed by atoms with van der Waals surface area (Å²) in [4.78, 5) is 24.6. The summed E-state index contributed by atoms with van der Waals surface area (Å²) in [6.07, 6.45) is 0.495. The highest BCUT2D eigenvalue weighted by Crippen LogP contribution is 2.52. The van der Waals surface area contributed by atoms with Gasteiger partial charge in [0, 0.05) is 6.42 Å². The molecule has 5 atom stereocenters. The highest BCUT2D eigenvalue weighted by Gasteiger charge is 2.44. The van der Waals surface area contributed by atoms with E-state index in [1.807, 2.05) is 0 Å². The van der Waals surface area contributed by atoms with Crippen LogP contribution in [0.15, 0.2) is 24.3 Å². The number of aliphatic hydroxyl groups excluding tert-OH is 3. The van der Waals surface area contributed by atoms with Crippen LogP contribution >= 0.6 is 0 Å². The van der Waals surface area contributed by atoms with E-state index in [2.05, 4.69) is 0 Å². The summed E-state index contributed by atoms with van der Waals surface area (Å²) in [7, 11) is 0. The number of fused-ring (bicyclic) bond motifs is 3. The molecular weight excluding hydrogens is 352 g/mol. The third kappa shape index (κ3) is 4.21. The van der Waals surface area contributed by atoms with E-state index in [4.69, 9.17) is 4.74 Å². The molecule has 4 N–H and O–H groups in total. The molecule has 2 aliphatic rings. The lowest BCUT2D eigenvalue weighted by molar-refractivity contribution is -0.128. The number of rotatable bonds is 1. The average Bonchev–Trinajstić information content (AvgIpc) is 3.38. The van der Waals surface area contributed by atoms with Crippen molar-refractivity contribution in [2.45, 2.75) is 57.0 Å². The molecule has 146 valence electrons. The Kier molecular flexibility index (Phi) is 5.64. The van der Waals surface area contributed by atoms with Crippen LogP contribution in [0, 0.1) is 5.92 Å². The summed E-state index contributed by atoms with van der Waals surface area (Å²) in [6, 6.07) is 2.99. The normalized spacial score (nSPS) is 32.7. The molecule has 1 saturated carbocycles. The van der Waals surface area contributed by atoms with E-state index in [-0.39, 0.29) is 42.6 Å². The SMILES string of the molecule is C[C@H]1C/C=C\C(=O)[C@@H](O)[C@@H](O)C[C@H]2C[C@@H]2c2cc(CO)cc(O)c2C(=O)O1. The predicted molar refractivity (Wildman–Crippen MR) is 95.1 cm³/mol. The summed E-state index contributed by atoms with van der Waals surface area (Å²) >= 11 is 0. The molecule has 1 aromatic carbocycles. The highest BCUT2D eigenvalue weighted by atomic mass is 16.5. The van der Waals surface area contributed by atoms with Crippen molar-refractivity contribution in [3.05, 3.63) is 41.0 Å². The summed E-state index contributed by atoms with van der Waals surface area (Å²) in [5.74, 6) is -1.68. The number of ether oxygens (including phenoxy) is 1. The van der Waals surface area contributed by atoms with Crippen molar-refractivity contribution in [3.8, 4) is 5.75 Å². The summed E-state index contributed by atoms with van der Waals surface area (Å²) in [6.45, 7) is 1.37. The summed E-state index contributed by atoms with van der Waals surface area (Å²) in [5.41, 5.74) is 1.10. The van der Waals surface area contributed by atoms with Crippen LogP contribution in [0.25, 0.3) is 0 Å². The Balaban J connectivity index is 1.98. The number of cyclic esters (lactones) is 1. The second-order valence-corrected chi connectivity index (χ2v) is 7.34. The lowest BCUT2D eigenvalue weighted by atomic mass is 9.95. The number of esters is 1. The zero-order valence-corrected chi connectivity index (χ0v) is 15.0. The Morgan fingerprint density at radius 3 is 2.63 bits per heavy atom. The van der Waals surface area contributed by atoms with Crippen LogP contribution in [0.4, 0.5) is 0 Å². The molecule has 1 aliphatic heterocycles. The zero-order chi connectivity index (χ0) is 19.7. The monoisotopic (exact) mass is 376 g/mol. The van der Waals surface area contributed by atoms with Gasteiger partial charge in [-0.15, -0.1) is 0 Å². The first-order chi connectivity index (χ1) is 12.8. The fourth-order valence-electron chi connectivity index (χ4n) is 3.60. The van der Waals surface area contributed by atoms with Crippen molar-refractivity contribution < 1.29 is 34.8 Å². The second-order valence-electron chi connectivity index (χ2n) is 7.34. The fraction of sp³-hybridized carbons (Fsp3) is 0.500. The minimum Gasteiger partial charge on any atom is -0.507 e. The molecule has 7 heteroatoms. The molecule has 0 amide bonds. The number of hydrogen-bond donors (Lipinski definition) is 4. The van der Waals surface area contributed by atoms with Crippen LogP contribution < -0.4 is 0 Å². The maximum Gasteiger partial charge on any atom is 0.342 e. The summed E-state index contributed by atoms with van der Waals surface area (Å²) < 4.78 is 5.39. The molecular formula is C20H24O7. The van der Waals surface area contributed by atoms with Crippen molar-refractivity contribution in [2.24, 2.45) is 5.92 Å². The van der Waals surface area contributed by atoms with Gasteiger partial charge in [-0.3, -0.25) is 4.79 Å². The van der Waals surface area contributed by atoms with Gasteiger partial charge in [0.2, 0.25) is 0 Å². The van der Waals surface area contributed by atoms with Crippen LogP contribution in [0.5, 0.6) is 5.75 Å². The number of benzene rings is 1.